The number of benzene rings is 2. The number of rotatable bonds is 7. The summed E-state index contributed by atoms with van der Waals surface area (Å²) in [6, 6.07) is 16.2. The molecule has 1 aliphatic rings. The largest absolute Gasteiger partial charge is 0.465 e. The first-order chi connectivity index (χ1) is 18.0. The highest BCUT2D eigenvalue weighted by molar-refractivity contribution is 6.07. The molecule has 0 saturated carbocycles. The van der Waals surface area contributed by atoms with Crippen molar-refractivity contribution in [2.45, 2.75) is 12.8 Å². The molecule has 0 unspecified atom stereocenters. The lowest BCUT2D eigenvalue weighted by Crippen LogP contribution is -2.35. The standard InChI is InChI=1S/C28H22FN3O5/c29-18-8-10-19(11-9-18)31-24(33)15-30-25(34)16-37-28(35)26-21-5-1-2-6-23(21)32-27-17(7-12-22(26)27)14-20-4-3-13-36-20/h1-6,8-11,13-14H,7,12,15-16H2,(H,30,34)(H,31,33)/b17-14+. The first kappa shape index (κ1) is 23.9. The summed E-state index contributed by atoms with van der Waals surface area (Å²) in [6.07, 6.45) is 4.78. The van der Waals surface area contributed by atoms with Gasteiger partial charge < -0.3 is 19.8 Å². The number of nitrogens with one attached hydrogen (secondary N) is 2. The average Bonchev–Trinajstić information content (AvgIpc) is 3.56. The zero-order valence-electron chi connectivity index (χ0n) is 19.6. The molecule has 0 aliphatic heterocycles. The van der Waals surface area contributed by atoms with Gasteiger partial charge in [-0.2, -0.15) is 0 Å². The lowest BCUT2D eigenvalue weighted by molar-refractivity contribution is -0.126. The second kappa shape index (κ2) is 10.4. The molecule has 0 fully saturated rings. The Bertz CT molecular complexity index is 1510. The molecule has 0 radical (unpaired) electrons. The van der Waals surface area contributed by atoms with Crippen LogP contribution in [0, 0.1) is 5.82 Å². The van der Waals surface area contributed by atoms with Crippen LogP contribution in [0.3, 0.4) is 0 Å². The second-order valence-electron chi connectivity index (χ2n) is 8.42. The third kappa shape index (κ3) is 5.40. The normalized spacial score (nSPS) is 13.4. The average molecular weight is 499 g/mol. The molecule has 2 amide bonds. The number of fused-ring (bicyclic) bond motifs is 2. The van der Waals surface area contributed by atoms with E-state index in [1.54, 1.807) is 18.4 Å². The summed E-state index contributed by atoms with van der Waals surface area (Å²) in [5, 5.41) is 5.59. The molecule has 2 heterocycles. The molecule has 1 aliphatic carbocycles. The molecule has 0 spiro atoms. The summed E-state index contributed by atoms with van der Waals surface area (Å²) in [5.74, 6) is -1.50. The fraction of sp³-hybridized carbons (Fsp3) is 0.143. The van der Waals surface area contributed by atoms with E-state index < -0.39 is 30.2 Å². The molecular weight excluding hydrogens is 477 g/mol. The number of ether oxygens (including phenoxy) is 1. The van der Waals surface area contributed by atoms with Crippen molar-refractivity contribution in [3.05, 3.63) is 95.3 Å². The van der Waals surface area contributed by atoms with Gasteiger partial charge in [-0.05, 0) is 72.5 Å². The van der Waals surface area contributed by atoms with Crippen molar-refractivity contribution in [2.75, 3.05) is 18.5 Å². The Morgan fingerprint density at radius 1 is 1.00 bits per heavy atom. The van der Waals surface area contributed by atoms with Crippen molar-refractivity contribution < 1.29 is 27.9 Å². The Labute approximate surface area is 211 Å². The maximum Gasteiger partial charge on any atom is 0.339 e. The van der Waals surface area contributed by atoms with Crippen LogP contribution in [0.4, 0.5) is 10.1 Å². The number of carbonyl (C=O) groups excluding carboxylic acids is 3. The molecular formula is C28H22FN3O5. The molecule has 186 valence electrons. The van der Waals surface area contributed by atoms with Gasteiger partial charge in [0.05, 0.1) is 29.6 Å². The number of pyridine rings is 1. The van der Waals surface area contributed by atoms with Gasteiger partial charge in [-0.1, -0.05) is 18.2 Å². The van der Waals surface area contributed by atoms with Crippen LogP contribution in [0.1, 0.15) is 33.8 Å². The number of aromatic nitrogens is 1. The van der Waals surface area contributed by atoms with Gasteiger partial charge in [0.1, 0.15) is 11.6 Å². The van der Waals surface area contributed by atoms with Crippen molar-refractivity contribution in [2.24, 2.45) is 0 Å². The molecule has 0 bridgehead atoms. The van der Waals surface area contributed by atoms with E-state index in [1.165, 1.54) is 24.3 Å². The van der Waals surface area contributed by atoms with Crippen molar-refractivity contribution >= 4 is 46.0 Å². The monoisotopic (exact) mass is 499 g/mol. The Morgan fingerprint density at radius 3 is 2.59 bits per heavy atom. The molecule has 0 saturated heterocycles. The number of carbonyl (C=O) groups is 3. The molecule has 2 N–H and O–H groups in total. The fourth-order valence-corrected chi connectivity index (χ4v) is 4.23. The van der Waals surface area contributed by atoms with E-state index in [2.05, 4.69) is 10.6 Å². The van der Waals surface area contributed by atoms with E-state index in [-0.39, 0.29) is 6.54 Å². The summed E-state index contributed by atoms with van der Waals surface area (Å²) in [7, 11) is 0. The zero-order chi connectivity index (χ0) is 25.8. The number of hydrogen-bond donors (Lipinski definition) is 2. The molecule has 4 aromatic rings. The number of nitrogens with zero attached hydrogens (tertiary/aromatic N) is 1. The van der Waals surface area contributed by atoms with Crippen LogP contribution in [0.15, 0.2) is 71.3 Å². The minimum Gasteiger partial charge on any atom is -0.465 e. The first-order valence-electron chi connectivity index (χ1n) is 11.6. The number of allylic oxidation sites excluding steroid dienone is 1. The number of esters is 1. The maximum atomic E-state index is 13.2. The summed E-state index contributed by atoms with van der Waals surface area (Å²) in [6.45, 7) is -0.883. The lowest BCUT2D eigenvalue weighted by Gasteiger charge is -2.12. The van der Waals surface area contributed by atoms with E-state index in [4.69, 9.17) is 14.1 Å². The van der Waals surface area contributed by atoms with Gasteiger partial charge in [0.15, 0.2) is 6.61 Å². The van der Waals surface area contributed by atoms with Gasteiger partial charge in [0, 0.05) is 11.1 Å². The van der Waals surface area contributed by atoms with Gasteiger partial charge in [0.25, 0.3) is 5.91 Å². The number of halogens is 1. The van der Waals surface area contributed by atoms with Gasteiger partial charge >= 0.3 is 5.97 Å². The van der Waals surface area contributed by atoms with Gasteiger partial charge in [-0.25, -0.2) is 14.2 Å². The molecule has 2 aromatic heterocycles. The van der Waals surface area contributed by atoms with Crippen molar-refractivity contribution in [1.82, 2.24) is 10.3 Å². The van der Waals surface area contributed by atoms with Crippen LogP contribution in [-0.2, 0) is 20.7 Å². The summed E-state index contributed by atoms with van der Waals surface area (Å²) >= 11 is 0. The smallest absolute Gasteiger partial charge is 0.339 e. The van der Waals surface area contributed by atoms with Crippen LogP contribution in [0.25, 0.3) is 22.6 Å². The van der Waals surface area contributed by atoms with Crippen LogP contribution in [0.5, 0.6) is 0 Å². The van der Waals surface area contributed by atoms with Crippen molar-refractivity contribution in [3.63, 3.8) is 0 Å². The number of furan rings is 1. The van der Waals surface area contributed by atoms with Crippen LogP contribution in [-0.4, -0.2) is 35.9 Å². The van der Waals surface area contributed by atoms with Gasteiger partial charge in [0.2, 0.25) is 5.91 Å². The van der Waals surface area contributed by atoms with Crippen molar-refractivity contribution in [1.29, 1.82) is 0 Å². The van der Waals surface area contributed by atoms with E-state index in [0.29, 0.717) is 46.4 Å². The molecule has 0 atom stereocenters. The van der Waals surface area contributed by atoms with Crippen LogP contribution < -0.4 is 10.6 Å². The number of hydrogen-bond acceptors (Lipinski definition) is 6. The minimum atomic E-state index is -0.639. The molecule has 9 heteroatoms. The van der Waals surface area contributed by atoms with Gasteiger partial charge in [-0.15, -0.1) is 0 Å². The first-order valence-corrected chi connectivity index (χ1v) is 11.6. The second-order valence-corrected chi connectivity index (χ2v) is 8.42. The maximum absolute atomic E-state index is 13.2. The highest BCUT2D eigenvalue weighted by Crippen LogP contribution is 2.37. The number of amides is 2. The Balaban J connectivity index is 1.27. The zero-order valence-corrected chi connectivity index (χ0v) is 19.6. The third-order valence-electron chi connectivity index (χ3n) is 5.91. The minimum absolute atomic E-state index is 0.331. The van der Waals surface area contributed by atoms with E-state index in [0.717, 1.165) is 11.1 Å². The molecule has 5 rings (SSSR count). The SMILES string of the molecule is O=C(COC(=O)c1c2c(nc3ccccc13)/C(=C/c1ccco1)CC2)NCC(=O)Nc1ccc(F)cc1. The van der Waals surface area contributed by atoms with Crippen LogP contribution in [0.2, 0.25) is 0 Å². The molecule has 37 heavy (non-hydrogen) atoms. The summed E-state index contributed by atoms with van der Waals surface area (Å²) in [4.78, 5) is 42.2. The Kier molecular flexibility index (Phi) is 6.76. The third-order valence-corrected chi connectivity index (χ3v) is 5.91. The van der Waals surface area contributed by atoms with Gasteiger partial charge in [-0.3, -0.25) is 9.59 Å². The molecule has 8 nitrogen and oxygen atoms in total. The Morgan fingerprint density at radius 2 is 1.81 bits per heavy atom. The Hall–Kier alpha value is -4.79. The quantitative estimate of drug-likeness (QED) is 0.366. The predicted octanol–water partition coefficient (Wildman–Crippen LogP) is 4.37. The van der Waals surface area contributed by atoms with E-state index in [1.807, 2.05) is 30.3 Å². The van der Waals surface area contributed by atoms with Crippen molar-refractivity contribution in [3.8, 4) is 0 Å². The topological polar surface area (TPSA) is 111 Å². The lowest BCUT2D eigenvalue weighted by atomic mass is 10.0. The number of anilines is 1. The van der Waals surface area contributed by atoms with Crippen LogP contribution >= 0.6 is 0 Å². The van der Waals surface area contributed by atoms with E-state index in [9.17, 15) is 18.8 Å². The summed E-state index contributed by atoms with van der Waals surface area (Å²) in [5.41, 5.74) is 3.85. The fourth-order valence-electron chi connectivity index (χ4n) is 4.23. The number of para-hydroxylation sites is 1. The van der Waals surface area contributed by atoms with E-state index >= 15 is 0 Å². The highest BCUT2D eigenvalue weighted by Gasteiger charge is 2.28. The predicted molar refractivity (Wildman–Crippen MR) is 135 cm³/mol. The molecule has 2 aromatic carbocycles. The summed E-state index contributed by atoms with van der Waals surface area (Å²) < 4.78 is 23.8. The highest BCUT2D eigenvalue weighted by atomic mass is 19.1.